The van der Waals surface area contributed by atoms with Crippen molar-refractivity contribution in [3.05, 3.63) is 40.8 Å². The average Bonchev–Trinajstić information content (AvgIpc) is 2.23. The molecule has 0 fully saturated rings. The smallest absolute Gasteiger partial charge is 0.577 e. The van der Waals surface area contributed by atoms with Crippen molar-refractivity contribution in [2.45, 2.75) is 0 Å². The molecule has 0 amide bonds. The topological polar surface area (TPSA) is 39.4 Å². The number of hydrogen-bond acceptors (Lipinski definition) is 1. The second-order valence-corrected chi connectivity index (χ2v) is 0.962. The first kappa shape index (κ1) is 10.4. The third-order valence-corrected chi connectivity index (χ3v) is 0.556. The van der Waals surface area contributed by atoms with Crippen molar-refractivity contribution in [3.8, 4) is 0 Å². The average molecular weight is 154 g/mol. The zero-order valence-corrected chi connectivity index (χ0v) is 5.05. The molecular weight excluding hydrogens is 149 g/mol. The van der Waals surface area contributed by atoms with Gasteiger partial charge in [0.2, 0.25) is 0 Å². The SMILES string of the molecule is [N-]=O.[Ni+2].c1cc[cH-]c1. The van der Waals surface area contributed by atoms with Gasteiger partial charge >= 0.3 is 16.5 Å². The zero-order valence-electron chi connectivity index (χ0n) is 4.06. The third kappa shape index (κ3) is 5.44. The first-order valence-electron chi connectivity index (χ1n) is 1.85. The Morgan fingerprint density at radius 3 is 1.62 bits per heavy atom. The van der Waals surface area contributed by atoms with Crippen LogP contribution in [0, 0.1) is 4.91 Å². The summed E-state index contributed by atoms with van der Waals surface area (Å²) in [4.78, 5) is 7.25. The van der Waals surface area contributed by atoms with Gasteiger partial charge in [0.15, 0.2) is 0 Å². The Morgan fingerprint density at radius 2 is 1.50 bits per heavy atom. The number of nitrogens with zero attached hydrogens (tertiary/aromatic N) is 1. The van der Waals surface area contributed by atoms with E-state index < -0.39 is 0 Å². The number of rotatable bonds is 0. The van der Waals surface area contributed by atoms with E-state index >= 15 is 0 Å². The van der Waals surface area contributed by atoms with Crippen molar-refractivity contribution in [1.82, 2.24) is 0 Å². The molecule has 0 unspecified atom stereocenters. The van der Waals surface area contributed by atoms with Gasteiger partial charge in [0.05, 0.1) is 0 Å². The summed E-state index contributed by atoms with van der Waals surface area (Å²) in [5.74, 6) is 0. The van der Waals surface area contributed by atoms with Crippen LogP contribution >= 0.6 is 0 Å². The van der Waals surface area contributed by atoms with Crippen LogP contribution in [0.4, 0.5) is 0 Å². The summed E-state index contributed by atoms with van der Waals surface area (Å²) < 4.78 is 0. The Hall–Kier alpha value is -0.556. The normalized spacial score (nSPS) is 5.50. The summed E-state index contributed by atoms with van der Waals surface area (Å²) in [6.45, 7) is 0. The van der Waals surface area contributed by atoms with E-state index in [0.29, 0.717) is 0 Å². The molecule has 46 valence electrons. The van der Waals surface area contributed by atoms with Gasteiger partial charge in [-0.2, -0.15) is 18.2 Å². The summed E-state index contributed by atoms with van der Waals surface area (Å²) >= 11 is 0. The fourth-order valence-electron chi connectivity index (χ4n) is 0.321. The van der Waals surface area contributed by atoms with Crippen LogP contribution < -0.4 is 0 Å². The van der Waals surface area contributed by atoms with Crippen molar-refractivity contribution in [2.24, 2.45) is 0 Å². The van der Waals surface area contributed by atoms with E-state index in [1.165, 1.54) is 0 Å². The van der Waals surface area contributed by atoms with E-state index in [9.17, 15) is 0 Å². The molecule has 1 aromatic carbocycles. The van der Waals surface area contributed by atoms with Crippen molar-refractivity contribution < 1.29 is 16.5 Å². The number of nitroso groups, excluding NO2 is 1. The predicted octanol–water partition coefficient (Wildman–Crippen LogP) is 1.73. The van der Waals surface area contributed by atoms with Crippen molar-refractivity contribution in [1.29, 1.82) is 0 Å². The molecule has 0 aromatic heterocycles. The molecule has 0 aliphatic rings. The molecule has 0 aliphatic heterocycles. The monoisotopic (exact) mass is 153 g/mol. The molecule has 8 heavy (non-hydrogen) atoms. The minimum atomic E-state index is 0. The predicted molar refractivity (Wildman–Crippen MR) is 28.8 cm³/mol. The Kier molecular flexibility index (Phi) is 12.6. The molecule has 0 bridgehead atoms. The van der Waals surface area contributed by atoms with Gasteiger partial charge in [-0.3, -0.25) is 0 Å². The maximum Gasteiger partial charge on any atom is 2.00 e. The fourth-order valence-corrected chi connectivity index (χ4v) is 0.321. The van der Waals surface area contributed by atoms with E-state index in [1.807, 2.05) is 30.3 Å². The quantitative estimate of drug-likeness (QED) is 0.414. The molecule has 0 N–H and O–H groups in total. The fraction of sp³-hybridized carbons (Fsp3) is 0. The molecule has 0 heterocycles. The van der Waals surface area contributed by atoms with Crippen LogP contribution in [0.15, 0.2) is 30.3 Å². The Bertz CT molecular complexity index is 79.3. The largest absolute Gasteiger partial charge is 2.00 e. The van der Waals surface area contributed by atoms with Gasteiger partial charge < -0.3 is 10.5 Å². The Labute approximate surface area is 58.0 Å². The van der Waals surface area contributed by atoms with Crippen LogP contribution in [0.5, 0.6) is 0 Å². The molecule has 0 atom stereocenters. The summed E-state index contributed by atoms with van der Waals surface area (Å²) in [6, 6.07) is 10.0. The standard InChI is InChI=1S/C5H5.NO.Ni/c1-2-4-5-3-1;1-2;/h1-5H;;/q2*-1;+2. The number of hydrogen-bond donors (Lipinski definition) is 0. The zero-order chi connectivity index (χ0) is 5.54. The molecule has 0 spiro atoms. The van der Waals surface area contributed by atoms with Gasteiger partial charge in [0, 0.05) is 0 Å². The van der Waals surface area contributed by atoms with Crippen LogP contribution in [-0.4, -0.2) is 0 Å². The maximum absolute atomic E-state index is 7.25. The van der Waals surface area contributed by atoms with Crippen LogP contribution in [-0.2, 0) is 16.5 Å². The molecule has 3 heteroatoms. The first-order valence-corrected chi connectivity index (χ1v) is 1.85. The van der Waals surface area contributed by atoms with Crippen LogP contribution in [0.1, 0.15) is 0 Å². The van der Waals surface area contributed by atoms with E-state index in [2.05, 4.69) is 0 Å². The van der Waals surface area contributed by atoms with Crippen LogP contribution in [0.2, 0.25) is 0 Å². The van der Waals surface area contributed by atoms with Crippen LogP contribution in [0.25, 0.3) is 5.59 Å². The van der Waals surface area contributed by atoms with Crippen molar-refractivity contribution in [2.75, 3.05) is 0 Å². The van der Waals surface area contributed by atoms with Gasteiger partial charge in [0.1, 0.15) is 0 Å². The second kappa shape index (κ2) is 9.67. The Morgan fingerprint density at radius 1 is 1.12 bits per heavy atom. The van der Waals surface area contributed by atoms with E-state index in [4.69, 9.17) is 10.5 Å². The summed E-state index contributed by atoms with van der Waals surface area (Å²) in [6.07, 6.45) is 0. The molecule has 1 aromatic rings. The molecule has 2 nitrogen and oxygen atoms in total. The first-order chi connectivity index (χ1) is 3.50. The van der Waals surface area contributed by atoms with Crippen LogP contribution in [0.3, 0.4) is 0 Å². The van der Waals surface area contributed by atoms with Gasteiger partial charge in [-0.05, 0) is 0 Å². The Balaban J connectivity index is 0. The second-order valence-electron chi connectivity index (χ2n) is 0.962. The minimum absolute atomic E-state index is 0. The van der Waals surface area contributed by atoms with Gasteiger partial charge in [-0.15, -0.1) is 0 Å². The minimum Gasteiger partial charge on any atom is -0.577 e. The third-order valence-electron chi connectivity index (χ3n) is 0.556. The molecular formula is C5H5NNiO. The van der Waals surface area contributed by atoms with E-state index in [1.54, 1.807) is 0 Å². The van der Waals surface area contributed by atoms with E-state index in [-0.39, 0.29) is 16.5 Å². The van der Waals surface area contributed by atoms with E-state index in [0.717, 1.165) is 0 Å². The van der Waals surface area contributed by atoms with Crippen molar-refractivity contribution in [3.63, 3.8) is 0 Å². The molecule has 1 rings (SSSR count). The molecule has 0 saturated heterocycles. The summed E-state index contributed by atoms with van der Waals surface area (Å²) in [7, 11) is 0. The molecule has 0 radical (unpaired) electrons. The maximum atomic E-state index is 7.25. The van der Waals surface area contributed by atoms with Crippen molar-refractivity contribution >= 4 is 0 Å². The molecule has 0 aliphatic carbocycles. The van der Waals surface area contributed by atoms with Gasteiger partial charge in [-0.25, -0.2) is 12.1 Å². The molecule has 0 saturated carbocycles. The van der Waals surface area contributed by atoms with Gasteiger partial charge in [-0.1, -0.05) is 0 Å². The van der Waals surface area contributed by atoms with Gasteiger partial charge in [0.25, 0.3) is 0 Å². The summed E-state index contributed by atoms with van der Waals surface area (Å²) in [5.41, 5.74) is 5.75. The summed E-state index contributed by atoms with van der Waals surface area (Å²) in [5, 5.41) is 0.